The molecule has 21 heavy (non-hydrogen) atoms. The van der Waals surface area contributed by atoms with Gasteiger partial charge in [-0.2, -0.15) is 0 Å². The van der Waals surface area contributed by atoms with Gasteiger partial charge in [0.15, 0.2) is 0 Å². The van der Waals surface area contributed by atoms with Crippen LogP contribution in [0.2, 0.25) is 0 Å². The zero-order valence-electron chi connectivity index (χ0n) is 12.0. The van der Waals surface area contributed by atoms with E-state index in [1.165, 1.54) is 18.3 Å². The highest BCUT2D eigenvalue weighted by molar-refractivity contribution is 6.04. The quantitative estimate of drug-likeness (QED) is 0.712. The van der Waals surface area contributed by atoms with Crippen LogP contribution >= 0.6 is 0 Å². The molecular weight excluding hydrogens is 266 g/mol. The summed E-state index contributed by atoms with van der Waals surface area (Å²) in [5.74, 6) is -0.245. The van der Waals surface area contributed by atoms with E-state index < -0.39 is 0 Å². The lowest BCUT2D eigenvalue weighted by molar-refractivity contribution is 0.102. The van der Waals surface area contributed by atoms with Crippen LogP contribution < -0.4 is 16.2 Å². The average molecular weight is 285 g/mol. The summed E-state index contributed by atoms with van der Waals surface area (Å²) >= 11 is 0. The van der Waals surface area contributed by atoms with Crippen LogP contribution in [0.15, 0.2) is 47.4 Å². The van der Waals surface area contributed by atoms with Crippen molar-refractivity contribution in [3.63, 3.8) is 0 Å². The maximum absolute atomic E-state index is 12.0. The fourth-order valence-corrected chi connectivity index (χ4v) is 1.92. The summed E-state index contributed by atoms with van der Waals surface area (Å²) < 4.78 is 0. The number of aromatic nitrogens is 1. The van der Waals surface area contributed by atoms with Gasteiger partial charge in [0.05, 0.1) is 5.56 Å². The van der Waals surface area contributed by atoms with Gasteiger partial charge in [-0.15, -0.1) is 0 Å². The minimum absolute atomic E-state index is 0.226. The number of H-pyrrole nitrogens is 1. The van der Waals surface area contributed by atoms with Gasteiger partial charge in [0.1, 0.15) is 0 Å². The minimum atomic E-state index is -0.245. The lowest BCUT2D eigenvalue weighted by atomic mass is 10.2. The Hall–Kier alpha value is -2.40. The highest BCUT2D eigenvalue weighted by Crippen LogP contribution is 2.12. The summed E-state index contributed by atoms with van der Waals surface area (Å²) in [4.78, 5) is 25.5. The second kappa shape index (κ2) is 7.40. The third kappa shape index (κ3) is 4.57. The predicted molar refractivity (Wildman–Crippen MR) is 83.5 cm³/mol. The van der Waals surface area contributed by atoms with E-state index >= 15 is 0 Å². The van der Waals surface area contributed by atoms with Crippen LogP contribution in [0, 0.1) is 0 Å². The van der Waals surface area contributed by atoms with Gasteiger partial charge in [-0.25, -0.2) is 0 Å². The van der Waals surface area contributed by atoms with Crippen LogP contribution in [-0.2, 0) is 6.54 Å². The molecule has 0 bridgehead atoms. The average Bonchev–Trinajstić information content (AvgIpc) is 2.48. The first-order chi connectivity index (χ1) is 10.2. The van der Waals surface area contributed by atoms with Crippen LogP contribution in [0.4, 0.5) is 5.69 Å². The molecule has 1 amide bonds. The van der Waals surface area contributed by atoms with Gasteiger partial charge < -0.3 is 15.6 Å². The summed E-state index contributed by atoms with van der Waals surface area (Å²) in [5.41, 5.74) is 2.05. The Labute approximate surface area is 123 Å². The molecule has 2 aromatic rings. The Kier molecular flexibility index (Phi) is 5.29. The molecule has 0 aliphatic carbocycles. The maximum atomic E-state index is 12.0. The minimum Gasteiger partial charge on any atom is -0.328 e. The summed E-state index contributed by atoms with van der Waals surface area (Å²) in [6, 6.07) is 10.5. The highest BCUT2D eigenvalue weighted by atomic mass is 16.1. The van der Waals surface area contributed by atoms with E-state index in [1.807, 2.05) is 24.3 Å². The molecule has 1 aromatic heterocycles. The van der Waals surface area contributed by atoms with Gasteiger partial charge in [-0.3, -0.25) is 9.59 Å². The molecule has 0 atom stereocenters. The number of pyridine rings is 1. The molecule has 0 spiro atoms. The molecule has 1 aromatic carbocycles. The number of nitrogens with one attached hydrogen (secondary N) is 3. The number of benzene rings is 1. The number of amides is 1. The van der Waals surface area contributed by atoms with Gasteiger partial charge in [-0.1, -0.05) is 19.1 Å². The van der Waals surface area contributed by atoms with Crippen LogP contribution in [0.5, 0.6) is 0 Å². The molecular formula is C16H19N3O2. The van der Waals surface area contributed by atoms with Gasteiger partial charge in [-0.05, 0) is 36.7 Å². The smallest absolute Gasteiger partial charge is 0.257 e. The Bertz CT molecular complexity index is 644. The van der Waals surface area contributed by atoms with Crippen LogP contribution in [-0.4, -0.2) is 17.4 Å². The van der Waals surface area contributed by atoms with Crippen molar-refractivity contribution in [2.75, 3.05) is 11.9 Å². The lowest BCUT2D eigenvalue weighted by Crippen LogP contribution is -2.16. The van der Waals surface area contributed by atoms with Crippen LogP contribution in [0.3, 0.4) is 0 Å². The largest absolute Gasteiger partial charge is 0.328 e. The molecule has 5 nitrogen and oxygen atoms in total. The monoisotopic (exact) mass is 285 g/mol. The van der Waals surface area contributed by atoms with E-state index in [1.54, 1.807) is 0 Å². The van der Waals surface area contributed by atoms with Crippen molar-refractivity contribution in [1.29, 1.82) is 0 Å². The number of rotatable bonds is 6. The third-order valence-corrected chi connectivity index (χ3v) is 2.99. The maximum Gasteiger partial charge on any atom is 0.257 e. The molecule has 5 heteroatoms. The summed E-state index contributed by atoms with van der Waals surface area (Å²) in [6.07, 6.45) is 2.49. The van der Waals surface area contributed by atoms with Crippen LogP contribution in [0.25, 0.3) is 0 Å². The van der Waals surface area contributed by atoms with E-state index in [4.69, 9.17) is 0 Å². The number of carbonyl (C=O) groups excluding carboxylic acids is 1. The van der Waals surface area contributed by atoms with E-state index in [9.17, 15) is 9.59 Å². The summed E-state index contributed by atoms with van der Waals surface area (Å²) in [5, 5.41) is 6.14. The number of carbonyl (C=O) groups is 1. The standard InChI is InChI=1S/C16H19N3O2/c1-2-8-17-10-12-4-3-5-14(9-12)19-16(21)13-6-7-15(20)18-11-13/h3-7,9,11,17H,2,8,10H2,1H3,(H,18,20)(H,19,21). The first kappa shape index (κ1) is 15.0. The van der Waals surface area contributed by atoms with Crippen molar-refractivity contribution in [3.05, 3.63) is 64.1 Å². The van der Waals surface area contributed by atoms with E-state index in [-0.39, 0.29) is 11.5 Å². The molecule has 1 heterocycles. The Morgan fingerprint density at radius 2 is 2.10 bits per heavy atom. The third-order valence-electron chi connectivity index (χ3n) is 2.99. The Morgan fingerprint density at radius 1 is 1.24 bits per heavy atom. The predicted octanol–water partition coefficient (Wildman–Crippen LogP) is 2.13. The number of aromatic amines is 1. The Balaban J connectivity index is 2.01. The zero-order valence-corrected chi connectivity index (χ0v) is 12.0. The fourth-order valence-electron chi connectivity index (χ4n) is 1.92. The van der Waals surface area contributed by atoms with E-state index in [2.05, 4.69) is 22.5 Å². The molecule has 0 saturated heterocycles. The molecule has 0 saturated carbocycles. The SMILES string of the molecule is CCCNCc1cccc(NC(=O)c2ccc(=O)[nH]c2)c1. The lowest BCUT2D eigenvalue weighted by Gasteiger charge is -2.08. The topological polar surface area (TPSA) is 74.0 Å². The molecule has 0 aliphatic heterocycles. The van der Waals surface area contributed by atoms with Gasteiger partial charge in [0, 0.05) is 24.5 Å². The highest BCUT2D eigenvalue weighted by Gasteiger charge is 2.06. The Morgan fingerprint density at radius 3 is 2.81 bits per heavy atom. The van der Waals surface area contributed by atoms with Gasteiger partial charge >= 0.3 is 0 Å². The molecule has 110 valence electrons. The van der Waals surface area contributed by atoms with Crippen molar-refractivity contribution in [1.82, 2.24) is 10.3 Å². The number of hydrogen-bond acceptors (Lipinski definition) is 3. The molecule has 0 radical (unpaired) electrons. The second-order valence-corrected chi connectivity index (χ2v) is 4.77. The number of anilines is 1. The van der Waals surface area contributed by atoms with Crippen molar-refractivity contribution in [2.24, 2.45) is 0 Å². The molecule has 0 unspecified atom stereocenters. The van der Waals surface area contributed by atoms with Gasteiger partial charge in [0.2, 0.25) is 5.56 Å². The van der Waals surface area contributed by atoms with E-state index in [0.717, 1.165) is 30.8 Å². The fraction of sp³-hybridized carbons (Fsp3) is 0.250. The van der Waals surface area contributed by atoms with Gasteiger partial charge in [0.25, 0.3) is 5.91 Å². The molecule has 0 aliphatic rings. The molecule has 2 rings (SSSR count). The normalized spacial score (nSPS) is 10.3. The first-order valence-electron chi connectivity index (χ1n) is 6.99. The van der Waals surface area contributed by atoms with Crippen molar-refractivity contribution >= 4 is 11.6 Å². The zero-order chi connectivity index (χ0) is 15.1. The molecule has 0 fully saturated rings. The van der Waals surface area contributed by atoms with Crippen molar-refractivity contribution < 1.29 is 4.79 Å². The second-order valence-electron chi connectivity index (χ2n) is 4.77. The van der Waals surface area contributed by atoms with Crippen LogP contribution in [0.1, 0.15) is 29.3 Å². The number of hydrogen-bond donors (Lipinski definition) is 3. The molecule has 3 N–H and O–H groups in total. The van der Waals surface area contributed by atoms with Crippen molar-refractivity contribution in [2.45, 2.75) is 19.9 Å². The summed E-state index contributed by atoms with van der Waals surface area (Å²) in [6.45, 7) is 3.86. The van der Waals surface area contributed by atoms with Crippen molar-refractivity contribution in [3.8, 4) is 0 Å². The first-order valence-corrected chi connectivity index (χ1v) is 6.99. The van der Waals surface area contributed by atoms with E-state index in [0.29, 0.717) is 5.56 Å². The summed E-state index contributed by atoms with van der Waals surface area (Å²) in [7, 11) is 0.